The van der Waals surface area contributed by atoms with E-state index in [0.29, 0.717) is 30.0 Å². The third-order valence-corrected chi connectivity index (χ3v) is 10.7. The molecule has 2 bridgehead atoms. The van der Waals surface area contributed by atoms with E-state index in [0.717, 1.165) is 36.6 Å². The number of benzene rings is 2. The first-order valence-corrected chi connectivity index (χ1v) is 14.8. The molecular weight excluding hydrogens is 563 g/mol. The zero-order valence-electron chi connectivity index (χ0n) is 21.6. The number of likely N-dealkylation sites (N-methyl/N-ethyl adjacent to an activating group) is 1. The molecule has 1 spiro atoms. The van der Waals surface area contributed by atoms with Gasteiger partial charge in [0, 0.05) is 30.2 Å². The van der Waals surface area contributed by atoms with E-state index >= 15 is 0 Å². The highest BCUT2D eigenvalue weighted by atomic mass is 35.5. The Morgan fingerprint density at radius 3 is 2.64 bits per heavy atom. The van der Waals surface area contributed by atoms with Gasteiger partial charge in [0.1, 0.15) is 6.10 Å². The molecule has 1 amide bonds. The lowest BCUT2D eigenvalue weighted by molar-refractivity contribution is -0.200. The summed E-state index contributed by atoms with van der Waals surface area (Å²) in [6, 6.07) is 6.39. The lowest BCUT2D eigenvalue weighted by Gasteiger charge is -2.64. The number of hydrogen-bond acceptors (Lipinski definition) is 6. The maximum Gasteiger partial charge on any atom is 0.260 e. The van der Waals surface area contributed by atoms with Gasteiger partial charge in [-0.1, -0.05) is 40.9 Å². The van der Waals surface area contributed by atoms with Gasteiger partial charge < -0.3 is 24.6 Å². The van der Waals surface area contributed by atoms with Gasteiger partial charge in [-0.05, 0) is 74.8 Å². The number of phenolic OH excluding ortho intramolecular Hbond substituents is 1. The van der Waals surface area contributed by atoms with Crippen LogP contribution >= 0.6 is 34.8 Å². The monoisotopic (exact) mass is 592 g/mol. The number of aliphatic hydroxyl groups is 1. The Balaban J connectivity index is 1.20. The van der Waals surface area contributed by atoms with Gasteiger partial charge in [0.25, 0.3) is 5.91 Å². The summed E-state index contributed by atoms with van der Waals surface area (Å²) in [6.07, 6.45) is 4.61. The number of halogens is 3. The van der Waals surface area contributed by atoms with E-state index < -0.39 is 17.1 Å². The summed E-state index contributed by atoms with van der Waals surface area (Å²) in [5.41, 5.74) is 0.378. The van der Waals surface area contributed by atoms with Crippen molar-refractivity contribution < 1.29 is 24.5 Å². The van der Waals surface area contributed by atoms with Crippen LogP contribution in [0.5, 0.6) is 17.2 Å². The molecule has 0 radical (unpaired) electrons. The second-order valence-corrected chi connectivity index (χ2v) is 13.1. The summed E-state index contributed by atoms with van der Waals surface area (Å²) in [5, 5.41) is 24.3. The van der Waals surface area contributed by atoms with E-state index in [1.165, 1.54) is 25.0 Å². The van der Waals surface area contributed by atoms with Gasteiger partial charge in [0.2, 0.25) is 0 Å². The molecule has 0 aromatic heterocycles. The van der Waals surface area contributed by atoms with Crippen LogP contribution in [-0.2, 0) is 16.6 Å². The molecular formula is C29H31Cl3N2O5. The van der Waals surface area contributed by atoms with Gasteiger partial charge in [-0.25, -0.2) is 0 Å². The maximum absolute atomic E-state index is 13.4. The molecule has 3 aliphatic carbocycles. The van der Waals surface area contributed by atoms with Gasteiger partial charge in [-0.2, -0.15) is 0 Å². The Kier molecular flexibility index (Phi) is 6.04. The number of rotatable bonds is 6. The largest absolute Gasteiger partial charge is 0.504 e. The van der Waals surface area contributed by atoms with Gasteiger partial charge >= 0.3 is 0 Å². The van der Waals surface area contributed by atoms with Crippen molar-refractivity contribution in [3.05, 3.63) is 50.5 Å². The molecule has 208 valence electrons. The highest BCUT2D eigenvalue weighted by molar-refractivity contribution is 6.40. The van der Waals surface area contributed by atoms with Crippen LogP contribution < -0.4 is 9.47 Å². The molecule has 2 aromatic rings. The van der Waals surface area contributed by atoms with Gasteiger partial charge in [-0.15, -0.1) is 0 Å². The fourth-order valence-electron chi connectivity index (χ4n) is 7.94. The molecule has 5 aliphatic rings. The molecule has 2 aromatic carbocycles. The van der Waals surface area contributed by atoms with E-state index in [9.17, 15) is 15.0 Å². The van der Waals surface area contributed by atoms with E-state index in [4.69, 9.17) is 44.3 Å². The summed E-state index contributed by atoms with van der Waals surface area (Å²) in [4.78, 5) is 17.6. The van der Waals surface area contributed by atoms with Crippen molar-refractivity contribution in [1.82, 2.24) is 9.80 Å². The van der Waals surface area contributed by atoms with Crippen molar-refractivity contribution in [1.29, 1.82) is 0 Å². The molecule has 1 saturated heterocycles. The predicted octanol–water partition coefficient (Wildman–Crippen LogP) is 4.82. The first kappa shape index (κ1) is 26.0. The second kappa shape index (κ2) is 9.05. The average Bonchev–Trinajstić information content (AvgIpc) is 3.63. The average molecular weight is 594 g/mol. The van der Waals surface area contributed by atoms with E-state index in [1.807, 2.05) is 6.07 Å². The number of likely N-dealkylation sites (tertiary alicyclic amines) is 1. The van der Waals surface area contributed by atoms with E-state index in [1.54, 1.807) is 18.0 Å². The lowest BCUT2D eigenvalue weighted by Crippen LogP contribution is -2.78. The molecule has 10 heteroatoms. The lowest BCUT2D eigenvalue weighted by atomic mass is 9.48. The van der Waals surface area contributed by atoms with E-state index in [2.05, 4.69) is 4.90 Å². The number of ether oxygens (including phenoxy) is 2. The summed E-state index contributed by atoms with van der Waals surface area (Å²) in [5.74, 6) is 1.22. The van der Waals surface area contributed by atoms with Crippen LogP contribution in [0.3, 0.4) is 0 Å². The minimum absolute atomic E-state index is 0.0135. The SMILES string of the molecule is CN(C(=O)COc1c(Cl)cc(Cl)cc1Cl)[C@@H]1CC[C@@]2(O)[C@@H]3Cc4ccc(O)c5c4[C@@]2(CCN3CC2CC2)[C@H]1O5. The second-order valence-electron chi connectivity index (χ2n) is 11.9. The topological polar surface area (TPSA) is 82.5 Å². The molecule has 2 aliphatic heterocycles. The molecule has 2 heterocycles. The third kappa shape index (κ3) is 3.73. The zero-order valence-corrected chi connectivity index (χ0v) is 23.9. The third-order valence-electron chi connectivity index (χ3n) is 9.93. The zero-order chi connectivity index (χ0) is 27.3. The Hall–Kier alpha value is -1.90. The molecule has 5 atom stereocenters. The standard InChI is InChI=1S/C29H31Cl3N2O5/c1-33(23(36)14-38-25-18(31)11-17(30)12-19(25)32)20-6-7-29(37)22-10-16-4-5-21(35)26-24(16)28(29,27(20)39-26)8-9-34(22)13-15-2-3-15/h4-5,11-12,15,20,22,27,35,37H,2-3,6-10,13-14H2,1H3/t20-,22+,27+,28+,29-/m1/s1. The van der Waals surface area contributed by atoms with Crippen LogP contribution in [0.1, 0.15) is 43.2 Å². The van der Waals surface area contributed by atoms with Crippen LogP contribution in [0.4, 0.5) is 0 Å². The van der Waals surface area contributed by atoms with Crippen LogP contribution in [0, 0.1) is 5.92 Å². The van der Waals surface area contributed by atoms with Crippen molar-refractivity contribution in [2.45, 2.75) is 67.7 Å². The Morgan fingerprint density at radius 2 is 1.92 bits per heavy atom. The Morgan fingerprint density at radius 1 is 1.18 bits per heavy atom. The fourth-order valence-corrected chi connectivity index (χ4v) is 8.87. The van der Waals surface area contributed by atoms with Crippen molar-refractivity contribution in [2.24, 2.45) is 5.92 Å². The number of phenols is 1. The van der Waals surface area contributed by atoms with Gasteiger partial charge in [0.15, 0.2) is 23.9 Å². The Labute approximate surface area is 242 Å². The molecule has 7 nitrogen and oxygen atoms in total. The number of nitrogens with zero attached hydrogens (tertiary/aromatic N) is 2. The van der Waals surface area contributed by atoms with Crippen molar-refractivity contribution in [3.63, 3.8) is 0 Å². The number of hydrogen-bond donors (Lipinski definition) is 2. The first-order valence-electron chi connectivity index (χ1n) is 13.7. The minimum Gasteiger partial charge on any atom is -0.504 e. The van der Waals surface area contributed by atoms with Gasteiger partial charge in [-0.3, -0.25) is 9.69 Å². The molecule has 39 heavy (non-hydrogen) atoms. The fraction of sp³-hybridized carbons (Fsp3) is 0.552. The molecule has 2 saturated carbocycles. The van der Waals surface area contributed by atoms with Crippen LogP contribution in [0.25, 0.3) is 0 Å². The smallest absolute Gasteiger partial charge is 0.260 e. The number of carbonyl (C=O) groups is 1. The normalized spacial score (nSPS) is 32.4. The number of amides is 1. The van der Waals surface area contributed by atoms with Crippen LogP contribution in [0.2, 0.25) is 15.1 Å². The first-order chi connectivity index (χ1) is 18.6. The Bertz CT molecular complexity index is 1350. The summed E-state index contributed by atoms with van der Waals surface area (Å²) in [7, 11) is 1.75. The maximum atomic E-state index is 13.4. The highest BCUT2D eigenvalue weighted by Crippen LogP contribution is 2.66. The number of aromatic hydroxyl groups is 1. The number of carbonyl (C=O) groups excluding carboxylic acids is 1. The van der Waals surface area contributed by atoms with Crippen LogP contribution in [0.15, 0.2) is 24.3 Å². The summed E-state index contributed by atoms with van der Waals surface area (Å²) < 4.78 is 12.3. The number of piperidine rings is 1. The quantitative estimate of drug-likeness (QED) is 0.500. The van der Waals surface area contributed by atoms with Gasteiger partial charge in [0.05, 0.1) is 27.1 Å². The molecule has 2 N–H and O–H groups in total. The summed E-state index contributed by atoms with van der Waals surface area (Å²) in [6.45, 7) is 1.61. The highest BCUT2D eigenvalue weighted by Gasteiger charge is 2.73. The summed E-state index contributed by atoms with van der Waals surface area (Å²) >= 11 is 18.5. The van der Waals surface area contributed by atoms with Crippen LogP contribution in [-0.4, -0.2) is 76.5 Å². The predicted molar refractivity (Wildman–Crippen MR) is 148 cm³/mol. The molecule has 7 rings (SSSR count). The van der Waals surface area contributed by atoms with Crippen molar-refractivity contribution in [3.8, 4) is 17.2 Å². The molecule has 3 fully saturated rings. The minimum atomic E-state index is -1.00. The van der Waals surface area contributed by atoms with E-state index in [-0.39, 0.29) is 46.1 Å². The van der Waals surface area contributed by atoms with Crippen molar-refractivity contribution >= 4 is 40.7 Å². The molecule has 0 unspecified atom stereocenters. The van der Waals surface area contributed by atoms with Crippen molar-refractivity contribution in [2.75, 3.05) is 26.7 Å².